The third kappa shape index (κ3) is 6.23. The van der Waals surface area contributed by atoms with Gasteiger partial charge in [0, 0.05) is 13.3 Å². The molecule has 1 aromatic rings. The largest absolute Gasteiger partial charge is 0.469 e. The van der Waals surface area contributed by atoms with Gasteiger partial charge in [0.2, 0.25) is 0 Å². The van der Waals surface area contributed by atoms with E-state index in [4.69, 9.17) is 4.74 Å². The summed E-state index contributed by atoms with van der Waals surface area (Å²) in [7, 11) is 1.29. The van der Waals surface area contributed by atoms with E-state index in [1.807, 2.05) is 30.3 Å². The maximum atomic E-state index is 11.2. The van der Waals surface area contributed by atoms with Gasteiger partial charge in [-0.2, -0.15) is 5.26 Å². The predicted octanol–water partition coefficient (Wildman–Crippen LogP) is 2.56. The van der Waals surface area contributed by atoms with Gasteiger partial charge in [-0.05, 0) is 18.4 Å². The minimum atomic E-state index is -0.731. The van der Waals surface area contributed by atoms with E-state index < -0.39 is 18.0 Å². The van der Waals surface area contributed by atoms with Crippen molar-refractivity contribution in [1.29, 1.82) is 5.26 Å². The molecular weight excluding hydrogens is 282 g/mol. The number of hydrogen-bond acceptors (Lipinski definition) is 5. The average molecular weight is 301 g/mol. The molecule has 0 aliphatic rings. The van der Waals surface area contributed by atoms with E-state index in [2.05, 4.69) is 10.8 Å². The molecule has 1 aromatic carbocycles. The topological polar surface area (TPSA) is 76.4 Å². The number of hydrogen-bond donors (Lipinski definition) is 0. The van der Waals surface area contributed by atoms with Gasteiger partial charge in [0.25, 0.3) is 0 Å². The van der Waals surface area contributed by atoms with Gasteiger partial charge in [0.1, 0.15) is 6.10 Å². The fourth-order valence-corrected chi connectivity index (χ4v) is 1.92. The van der Waals surface area contributed by atoms with E-state index in [9.17, 15) is 14.9 Å². The van der Waals surface area contributed by atoms with Crippen LogP contribution < -0.4 is 0 Å². The molecule has 0 aromatic heterocycles. The van der Waals surface area contributed by atoms with E-state index in [0.717, 1.165) is 5.56 Å². The third-order valence-corrected chi connectivity index (χ3v) is 3.02. The highest BCUT2D eigenvalue weighted by Gasteiger charge is 2.19. The first-order valence-corrected chi connectivity index (χ1v) is 6.95. The summed E-state index contributed by atoms with van der Waals surface area (Å²) in [5, 5.41) is 9.28. The Labute approximate surface area is 130 Å². The molecule has 1 unspecified atom stereocenters. The fraction of sp³-hybridized carbons (Fsp3) is 0.353. The zero-order valence-corrected chi connectivity index (χ0v) is 12.7. The minimum absolute atomic E-state index is 0.0821. The number of rotatable bonds is 7. The first-order valence-electron chi connectivity index (χ1n) is 6.95. The Kier molecular flexibility index (Phi) is 7.41. The Morgan fingerprint density at radius 2 is 2.00 bits per heavy atom. The highest BCUT2D eigenvalue weighted by Crippen LogP contribution is 2.15. The van der Waals surface area contributed by atoms with Crippen LogP contribution in [-0.2, 0) is 25.5 Å². The molecule has 116 valence electrons. The summed E-state index contributed by atoms with van der Waals surface area (Å²) < 4.78 is 9.72. The van der Waals surface area contributed by atoms with Crippen LogP contribution in [0.25, 0.3) is 0 Å². The molecule has 22 heavy (non-hydrogen) atoms. The normalized spacial score (nSPS) is 12.1. The van der Waals surface area contributed by atoms with Crippen molar-refractivity contribution < 1.29 is 19.1 Å². The van der Waals surface area contributed by atoms with Crippen molar-refractivity contribution in [2.24, 2.45) is 0 Å². The second-order valence-electron chi connectivity index (χ2n) is 4.67. The summed E-state index contributed by atoms with van der Waals surface area (Å²) in [6, 6.07) is 11.7. The number of nitrogens with zero attached hydrogens (tertiary/aromatic N) is 1. The van der Waals surface area contributed by atoms with Crippen molar-refractivity contribution in [1.82, 2.24) is 0 Å². The summed E-state index contributed by atoms with van der Waals surface area (Å²) in [5.74, 6) is -0.895. The number of ether oxygens (including phenoxy) is 2. The van der Waals surface area contributed by atoms with E-state index in [1.165, 1.54) is 14.0 Å². The van der Waals surface area contributed by atoms with Crippen LogP contribution in [0, 0.1) is 11.3 Å². The second-order valence-corrected chi connectivity index (χ2v) is 4.67. The molecule has 5 heteroatoms. The van der Waals surface area contributed by atoms with Crippen molar-refractivity contribution in [3.05, 3.63) is 47.5 Å². The molecule has 5 nitrogen and oxygen atoms in total. The third-order valence-electron chi connectivity index (χ3n) is 3.02. The first kappa shape index (κ1) is 17.4. The zero-order valence-electron chi connectivity index (χ0n) is 12.7. The number of benzene rings is 1. The van der Waals surface area contributed by atoms with Gasteiger partial charge in [-0.3, -0.25) is 9.59 Å². The van der Waals surface area contributed by atoms with Crippen LogP contribution in [0.15, 0.2) is 42.0 Å². The molecule has 0 radical (unpaired) electrons. The Balaban J connectivity index is 2.81. The number of allylic oxidation sites excluding steroid dienone is 1. The smallest absolute Gasteiger partial charge is 0.305 e. The van der Waals surface area contributed by atoms with E-state index in [0.29, 0.717) is 12.0 Å². The number of carbonyl (C=O) groups excluding carboxylic acids is 2. The zero-order chi connectivity index (χ0) is 16.4. The van der Waals surface area contributed by atoms with E-state index in [-0.39, 0.29) is 12.8 Å². The van der Waals surface area contributed by atoms with Crippen molar-refractivity contribution >= 4 is 11.9 Å². The molecule has 0 amide bonds. The number of methoxy groups -OCH3 is 1. The average Bonchev–Trinajstić information content (AvgIpc) is 2.53. The van der Waals surface area contributed by atoms with Gasteiger partial charge in [-0.1, -0.05) is 36.4 Å². The maximum Gasteiger partial charge on any atom is 0.305 e. The monoisotopic (exact) mass is 301 g/mol. The Morgan fingerprint density at radius 1 is 1.32 bits per heavy atom. The predicted molar refractivity (Wildman–Crippen MR) is 80.6 cm³/mol. The van der Waals surface area contributed by atoms with Gasteiger partial charge in [0.15, 0.2) is 0 Å². The highest BCUT2D eigenvalue weighted by molar-refractivity contribution is 5.69. The molecule has 1 rings (SSSR count). The summed E-state index contributed by atoms with van der Waals surface area (Å²) in [5.41, 5.74) is 1.38. The summed E-state index contributed by atoms with van der Waals surface area (Å²) in [4.78, 5) is 22.4. The lowest BCUT2D eigenvalue weighted by atomic mass is 10.0. The van der Waals surface area contributed by atoms with Crippen molar-refractivity contribution in [2.75, 3.05) is 7.11 Å². The molecule has 0 fully saturated rings. The number of esters is 2. The van der Waals surface area contributed by atoms with Gasteiger partial charge in [0.05, 0.1) is 18.8 Å². The van der Waals surface area contributed by atoms with Gasteiger partial charge < -0.3 is 9.47 Å². The van der Waals surface area contributed by atoms with Crippen molar-refractivity contribution in [2.45, 2.75) is 32.3 Å². The van der Waals surface area contributed by atoms with E-state index in [1.54, 1.807) is 6.08 Å². The van der Waals surface area contributed by atoms with Gasteiger partial charge >= 0.3 is 11.9 Å². The van der Waals surface area contributed by atoms with Crippen LogP contribution in [0.4, 0.5) is 0 Å². The first-order chi connectivity index (χ1) is 10.6. The number of carbonyl (C=O) groups is 2. The Bertz CT molecular complexity index is 572. The molecule has 0 saturated carbocycles. The SMILES string of the molecule is COC(=O)CCC(OC(C)=O)/C(C#N)=C/Cc1ccccc1. The summed E-state index contributed by atoms with van der Waals surface area (Å²) in [6.07, 6.45) is 1.85. The minimum Gasteiger partial charge on any atom is -0.469 e. The fourth-order valence-electron chi connectivity index (χ4n) is 1.92. The van der Waals surface area contributed by atoms with E-state index >= 15 is 0 Å². The molecule has 0 saturated heterocycles. The molecule has 0 aliphatic heterocycles. The van der Waals surface area contributed by atoms with Crippen LogP contribution in [0.2, 0.25) is 0 Å². The maximum absolute atomic E-state index is 11.2. The quantitative estimate of drug-likeness (QED) is 0.571. The lowest BCUT2D eigenvalue weighted by molar-refractivity contribution is -0.147. The van der Waals surface area contributed by atoms with Crippen LogP contribution in [-0.4, -0.2) is 25.2 Å². The van der Waals surface area contributed by atoms with Crippen LogP contribution >= 0.6 is 0 Å². The van der Waals surface area contributed by atoms with Crippen LogP contribution in [0.1, 0.15) is 25.3 Å². The van der Waals surface area contributed by atoms with Crippen LogP contribution in [0.5, 0.6) is 0 Å². The van der Waals surface area contributed by atoms with Crippen LogP contribution in [0.3, 0.4) is 0 Å². The lowest BCUT2D eigenvalue weighted by Gasteiger charge is -2.15. The standard InChI is InChI=1S/C17H19NO4/c1-13(19)22-16(10-11-17(20)21-2)15(12-18)9-8-14-6-4-3-5-7-14/h3-7,9,16H,8,10-11H2,1-2H3/b15-9+. The Hall–Kier alpha value is -2.61. The molecule has 0 N–H and O–H groups in total. The molecular formula is C17H19NO4. The lowest BCUT2D eigenvalue weighted by Crippen LogP contribution is -2.20. The van der Waals surface area contributed by atoms with Gasteiger partial charge in [-0.25, -0.2) is 0 Å². The molecule has 1 atom stereocenters. The molecule has 0 bridgehead atoms. The molecule has 0 aliphatic carbocycles. The Morgan fingerprint density at radius 3 is 2.55 bits per heavy atom. The van der Waals surface area contributed by atoms with Gasteiger partial charge in [-0.15, -0.1) is 0 Å². The van der Waals surface area contributed by atoms with Crippen molar-refractivity contribution in [3.8, 4) is 6.07 Å². The number of nitriles is 1. The van der Waals surface area contributed by atoms with Crippen molar-refractivity contribution in [3.63, 3.8) is 0 Å². The second kappa shape index (κ2) is 9.35. The highest BCUT2D eigenvalue weighted by atomic mass is 16.5. The molecule has 0 heterocycles. The summed E-state index contributed by atoms with van der Waals surface area (Å²) in [6.45, 7) is 1.28. The molecule has 0 spiro atoms. The summed E-state index contributed by atoms with van der Waals surface area (Å²) >= 11 is 0.